The molecular weight excluding hydrogens is 962 g/mol. The van der Waals surface area contributed by atoms with Crippen LogP contribution in [0, 0.1) is 10.8 Å². The number of carbonyl (C=O) groups is 4. The summed E-state index contributed by atoms with van der Waals surface area (Å²) in [6.07, 6.45) is 3.46. The number of aliphatic hydroxyl groups is 2. The summed E-state index contributed by atoms with van der Waals surface area (Å²) >= 11 is 15.2. The molecule has 4 atom stereocenters. The molecule has 0 saturated carbocycles. The number of aromatic amines is 2. The summed E-state index contributed by atoms with van der Waals surface area (Å²) in [5.74, 6) is -3.19. The Morgan fingerprint density at radius 2 is 1.09 bits per heavy atom. The lowest BCUT2D eigenvalue weighted by Gasteiger charge is -2.28. The van der Waals surface area contributed by atoms with E-state index < -0.39 is 67.0 Å². The average molecular weight is 1010 g/mol. The summed E-state index contributed by atoms with van der Waals surface area (Å²) in [6, 6.07) is 28.2. The van der Waals surface area contributed by atoms with Gasteiger partial charge in [-0.25, -0.2) is 0 Å². The minimum atomic E-state index is -1.48. The topological polar surface area (TPSA) is 297 Å². The molecule has 0 bridgehead atoms. The number of hydrogen-bond donors (Lipinski definition) is 10. The molecule has 0 saturated heterocycles. The Balaban J connectivity index is 0.000000242. The Kier molecular flexibility index (Phi) is 20.0. The minimum absolute atomic E-state index is 0.0364. The van der Waals surface area contributed by atoms with Crippen molar-refractivity contribution in [2.24, 2.45) is 10.8 Å². The van der Waals surface area contributed by atoms with E-state index in [0.717, 1.165) is 26.7 Å². The van der Waals surface area contributed by atoms with Crippen LogP contribution < -0.4 is 16.1 Å². The quantitative estimate of drug-likeness (QED) is 0.0536. The van der Waals surface area contributed by atoms with E-state index in [1.54, 1.807) is 24.3 Å². The summed E-state index contributed by atoms with van der Waals surface area (Å²) < 4.78 is 0.921. The molecule has 0 fully saturated rings. The third-order valence-electron chi connectivity index (χ3n) is 10.3. The second-order valence-electron chi connectivity index (χ2n) is 15.6. The number of carbonyl (C=O) groups excluding carboxylic acids is 2. The molecular formula is C44H48BBrCl2N8O10. The Morgan fingerprint density at radius 3 is 1.45 bits per heavy atom. The van der Waals surface area contributed by atoms with Crippen molar-refractivity contribution in [3.63, 3.8) is 0 Å². The zero-order valence-electron chi connectivity index (χ0n) is 35.6. The largest absolute Gasteiger partial charge is 0.489 e. The fraction of sp³-hybridized carbons (Fsp3) is 0.273. The maximum absolute atomic E-state index is 12.5. The standard InChI is InChI=1S/C22H23ClN4O4.C16H19BrN4O4.C6H6BClO2/c1-22(13-28,21(30)31)11-16(25-20(29)19-12-24-27-26-19)10-14-6-8-15(9-7-14)17-4-2-3-5-18(17)23;1-16(9-22,15(24)25)7-12(6-10-2-4-11(17)5-3-10)19-14(23)13-8-18-21-20-13;8-6-4-2-1-3-5(6)7(9)10/h2-9,12,16,28H,10-11,13H2,1H3,(H,25,29)(H,30,31)(H,24,26,27);2-5,8,12,22H,6-7,9H2,1H3,(H,19,23)(H,24,25)(H,18,20,21);1-4,9-10H/t16-,22+;12-,16+;/m11./s1. The third kappa shape index (κ3) is 15.6. The number of H-pyrrole nitrogens is 2. The van der Waals surface area contributed by atoms with Crippen molar-refractivity contribution < 1.29 is 49.7 Å². The van der Waals surface area contributed by atoms with Crippen LogP contribution in [0.4, 0.5) is 0 Å². The molecule has 4 aromatic carbocycles. The Labute approximate surface area is 398 Å². The molecule has 6 aromatic rings. The van der Waals surface area contributed by atoms with Crippen LogP contribution in [0.2, 0.25) is 10.0 Å². The molecule has 2 heterocycles. The van der Waals surface area contributed by atoms with Crippen molar-refractivity contribution in [2.45, 2.75) is 51.6 Å². The number of rotatable bonds is 18. The first-order valence-electron chi connectivity index (χ1n) is 20.1. The van der Waals surface area contributed by atoms with Gasteiger partial charge in [0.15, 0.2) is 11.4 Å². The number of carboxylic acids is 2. The van der Waals surface area contributed by atoms with E-state index in [1.165, 1.54) is 26.2 Å². The molecule has 10 N–H and O–H groups in total. The third-order valence-corrected chi connectivity index (χ3v) is 11.5. The van der Waals surface area contributed by atoms with Crippen LogP contribution in [-0.2, 0) is 22.4 Å². The molecule has 0 aliphatic rings. The van der Waals surface area contributed by atoms with Gasteiger partial charge in [0.05, 0.1) is 36.4 Å². The van der Waals surface area contributed by atoms with Crippen LogP contribution >= 0.6 is 39.1 Å². The maximum Gasteiger partial charge on any atom is 0.489 e. The van der Waals surface area contributed by atoms with Gasteiger partial charge in [-0.1, -0.05) is 112 Å². The van der Waals surface area contributed by atoms with Crippen LogP contribution in [-0.4, -0.2) is 117 Å². The number of nitrogens with zero attached hydrogens (tertiary/aromatic N) is 4. The van der Waals surface area contributed by atoms with Crippen molar-refractivity contribution in [1.82, 2.24) is 41.5 Å². The lowest BCUT2D eigenvalue weighted by Crippen LogP contribution is -2.44. The van der Waals surface area contributed by atoms with Gasteiger partial charge < -0.3 is 41.1 Å². The first-order valence-corrected chi connectivity index (χ1v) is 21.6. The highest BCUT2D eigenvalue weighted by atomic mass is 79.9. The number of aliphatic hydroxyl groups excluding tert-OH is 2. The lowest BCUT2D eigenvalue weighted by atomic mass is 9.80. The highest BCUT2D eigenvalue weighted by Gasteiger charge is 2.37. The van der Waals surface area contributed by atoms with E-state index in [-0.39, 0.29) is 24.2 Å². The van der Waals surface area contributed by atoms with Crippen molar-refractivity contribution >= 4 is 75.5 Å². The first kappa shape index (κ1) is 52.6. The molecule has 66 heavy (non-hydrogen) atoms. The highest BCUT2D eigenvalue weighted by Crippen LogP contribution is 2.30. The fourth-order valence-corrected chi connectivity index (χ4v) is 7.15. The number of aliphatic carboxylic acids is 2. The Hall–Kier alpha value is -6.00. The van der Waals surface area contributed by atoms with E-state index >= 15 is 0 Å². The molecule has 0 aliphatic heterocycles. The molecule has 0 spiro atoms. The molecule has 0 radical (unpaired) electrons. The van der Waals surface area contributed by atoms with Gasteiger partial charge in [0.25, 0.3) is 11.8 Å². The molecule has 18 nitrogen and oxygen atoms in total. The van der Waals surface area contributed by atoms with E-state index in [2.05, 4.69) is 57.4 Å². The summed E-state index contributed by atoms with van der Waals surface area (Å²) in [4.78, 5) is 47.9. The van der Waals surface area contributed by atoms with Gasteiger partial charge in [0.2, 0.25) is 0 Å². The van der Waals surface area contributed by atoms with Gasteiger partial charge in [0, 0.05) is 37.6 Å². The Bertz CT molecular complexity index is 2490. The maximum atomic E-state index is 12.5. The van der Waals surface area contributed by atoms with Crippen molar-refractivity contribution in [3.05, 3.63) is 146 Å². The number of benzene rings is 4. The van der Waals surface area contributed by atoms with E-state index in [9.17, 15) is 39.6 Å². The van der Waals surface area contributed by atoms with Gasteiger partial charge in [-0.05, 0) is 80.5 Å². The second kappa shape index (κ2) is 25.1. The van der Waals surface area contributed by atoms with Crippen molar-refractivity contribution in [1.29, 1.82) is 0 Å². The molecule has 0 unspecified atom stereocenters. The molecule has 2 aromatic heterocycles. The normalized spacial score (nSPS) is 13.5. The van der Waals surface area contributed by atoms with Crippen LogP contribution in [0.15, 0.2) is 114 Å². The minimum Gasteiger partial charge on any atom is -0.481 e. The van der Waals surface area contributed by atoms with Crippen LogP contribution in [0.3, 0.4) is 0 Å². The number of amides is 2. The molecule has 0 aliphatic carbocycles. The van der Waals surface area contributed by atoms with Crippen LogP contribution in [0.5, 0.6) is 0 Å². The summed E-state index contributed by atoms with van der Waals surface area (Å²) in [5.41, 5.74) is 1.46. The lowest BCUT2D eigenvalue weighted by molar-refractivity contribution is -0.152. The van der Waals surface area contributed by atoms with Crippen LogP contribution in [0.25, 0.3) is 11.1 Å². The van der Waals surface area contributed by atoms with Gasteiger partial charge in [-0.3, -0.25) is 19.2 Å². The molecule has 348 valence electrons. The monoisotopic (exact) mass is 1010 g/mol. The molecule has 22 heteroatoms. The summed E-state index contributed by atoms with van der Waals surface area (Å²) in [7, 11) is -1.48. The SMILES string of the molecule is C[C@@](CO)(C[C@@H](Cc1ccc(-c2ccccc2Cl)cc1)NC(=O)c1cn[nH]n1)C(=O)O.C[C@@](CO)(C[C@@H](Cc1ccc(Br)cc1)NC(=O)c1cn[nH]n1)C(=O)O.OB(O)c1ccccc1Cl. The van der Waals surface area contributed by atoms with Crippen molar-refractivity contribution in [2.75, 3.05) is 13.2 Å². The summed E-state index contributed by atoms with van der Waals surface area (Å²) in [5, 5.41) is 81.4. The van der Waals surface area contributed by atoms with E-state index in [1.807, 2.05) is 72.8 Å². The molecule has 2 amide bonds. The zero-order chi connectivity index (χ0) is 48.4. The number of nitrogens with one attached hydrogen (secondary N) is 4. The first-order chi connectivity index (χ1) is 31.4. The fourth-order valence-electron chi connectivity index (χ4n) is 6.41. The number of aromatic nitrogens is 6. The number of carboxylic acid groups (broad SMARTS) is 2. The van der Waals surface area contributed by atoms with E-state index in [0.29, 0.717) is 28.3 Å². The Morgan fingerprint density at radius 1 is 0.667 bits per heavy atom. The predicted molar refractivity (Wildman–Crippen MR) is 250 cm³/mol. The number of hydrogen-bond acceptors (Lipinski definition) is 12. The van der Waals surface area contributed by atoms with E-state index in [4.69, 9.17) is 33.2 Å². The van der Waals surface area contributed by atoms with Gasteiger partial charge >= 0.3 is 19.1 Å². The summed E-state index contributed by atoms with van der Waals surface area (Å²) in [6.45, 7) is 1.82. The zero-order valence-corrected chi connectivity index (χ0v) is 38.7. The van der Waals surface area contributed by atoms with Gasteiger partial charge in [0.1, 0.15) is 0 Å². The van der Waals surface area contributed by atoms with Gasteiger partial charge in [-0.2, -0.15) is 30.8 Å². The highest BCUT2D eigenvalue weighted by molar-refractivity contribution is 9.10. The van der Waals surface area contributed by atoms with Crippen molar-refractivity contribution in [3.8, 4) is 11.1 Å². The van der Waals surface area contributed by atoms with Gasteiger partial charge in [-0.15, -0.1) is 0 Å². The van der Waals surface area contributed by atoms with Crippen LogP contribution in [0.1, 0.15) is 58.8 Å². The molecule has 6 rings (SSSR count). The number of halogens is 3. The second-order valence-corrected chi connectivity index (χ2v) is 17.3. The smallest absolute Gasteiger partial charge is 0.481 e. The average Bonchev–Trinajstić information content (AvgIpc) is 4.05. The predicted octanol–water partition coefficient (Wildman–Crippen LogP) is 4.34.